The molecule has 0 aliphatic rings. The van der Waals surface area contributed by atoms with Crippen LogP contribution in [0, 0.1) is 13.8 Å². The van der Waals surface area contributed by atoms with Crippen molar-refractivity contribution in [2.45, 2.75) is 51.3 Å². The normalized spacial score (nSPS) is 12.5. The monoisotopic (exact) mass is 617 g/mol. The molecule has 2 heterocycles. The summed E-state index contributed by atoms with van der Waals surface area (Å²) in [6, 6.07) is 20.0. The van der Waals surface area contributed by atoms with E-state index in [0.717, 1.165) is 33.4 Å². The smallest absolute Gasteiger partial charge is 0.253 e. The van der Waals surface area contributed by atoms with Crippen LogP contribution in [0.3, 0.4) is 0 Å². The molecule has 0 saturated carbocycles. The summed E-state index contributed by atoms with van der Waals surface area (Å²) in [5.41, 5.74) is 5.81. The fourth-order valence-electron chi connectivity index (χ4n) is 4.71. The van der Waals surface area contributed by atoms with Crippen LogP contribution in [-0.4, -0.2) is 63.8 Å². The van der Waals surface area contributed by atoms with Crippen LogP contribution >= 0.6 is 23.1 Å². The molecule has 3 N–H and O–H groups in total. The predicted molar refractivity (Wildman–Crippen MR) is 174 cm³/mol. The SMILES string of the molecule is CSCc1ccc(CNC[C@@H](O)[C@H](Cc2ccccc2)NC(=O)c2cccc(C(=O)N(C)Cc3nc(C)cs3)c2)nc1C. The number of aliphatic hydroxyl groups is 1. The van der Waals surface area contributed by atoms with Crippen molar-refractivity contribution in [2.75, 3.05) is 19.8 Å². The maximum Gasteiger partial charge on any atom is 0.253 e. The van der Waals surface area contributed by atoms with Crippen LogP contribution in [0.25, 0.3) is 0 Å². The lowest BCUT2D eigenvalue weighted by Crippen LogP contribution is -2.48. The zero-order valence-electron chi connectivity index (χ0n) is 25.0. The van der Waals surface area contributed by atoms with E-state index in [1.807, 2.05) is 55.6 Å². The van der Waals surface area contributed by atoms with Crippen LogP contribution in [-0.2, 0) is 25.3 Å². The average molecular weight is 618 g/mol. The lowest BCUT2D eigenvalue weighted by Gasteiger charge is -2.25. The van der Waals surface area contributed by atoms with Gasteiger partial charge in [0.2, 0.25) is 0 Å². The minimum Gasteiger partial charge on any atom is -0.390 e. The number of aliphatic hydroxyl groups excluding tert-OH is 1. The van der Waals surface area contributed by atoms with Gasteiger partial charge in [-0.3, -0.25) is 14.6 Å². The number of rotatable bonds is 14. The van der Waals surface area contributed by atoms with Gasteiger partial charge in [0.25, 0.3) is 11.8 Å². The van der Waals surface area contributed by atoms with Gasteiger partial charge in [-0.2, -0.15) is 11.8 Å². The molecule has 0 fully saturated rings. The van der Waals surface area contributed by atoms with Crippen molar-refractivity contribution < 1.29 is 14.7 Å². The second-order valence-corrected chi connectivity index (χ2v) is 12.4. The van der Waals surface area contributed by atoms with Crippen molar-refractivity contribution in [3.63, 3.8) is 0 Å². The highest BCUT2D eigenvalue weighted by Crippen LogP contribution is 2.16. The first-order chi connectivity index (χ1) is 20.7. The molecule has 2 atom stereocenters. The first kappa shape index (κ1) is 32.3. The highest BCUT2D eigenvalue weighted by molar-refractivity contribution is 7.97. The summed E-state index contributed by atoms with van der Waals surface area (Å²) in [6.45, 7) is 5.10. The molecule has 4 rings (SSSR count). The maximum atomic E-state index is 13.4. The Morgan fingerprint density at radius 2 is 1.79 bits per heavy atom. The van der Waals surface area contributed by atoms with Gasteiger partial charge in [-0.1, -0.05) is 42.5 Å². The third-order valence-corrected chi connectivity index (χ3v) is 8.60. The summed E-state index contributed by atoms with van der Waals surface area (Å²) < 4.78 is 0. The molecule has 2 aromatic heterocycles. The lowest BCUT2D eigenvalue weighted by molar-refractivity contribution is 0.0784. The van der Waals surface area contributed by atoms with E-state index in [1.165, 1.54) is 16.9 Å². The number of nitrogens with zero attached hydrogens (tertiary/aromatic N) is 3. The van der Waals surface area contributed by atoms with Crippen molar-refractivity contribution in [1.82, 2.24) is 25.5 Å². The second-order valence-electron chi connectivity index (χ2n) is 10.6. The molecule has 10 heteroatoms. The molecule has 0 radical (unpaired) electrons. The van der Waals surface area contributed by atoms with Crippen LogP contribution in [0.5, 0.6) is 0 Å². The number of aromatic nitrogens is 2. The number of thiazole rings is 1. The first-order valence-electron chi connectivity index (χ1n) is 14.2. The van der Waals surface area contributed by atoms with Gasteiger partial charge in [0.05, 0.1) is 24.4 Å². The summed E-state index contributed by atoms with van der Waals surface area (Å²) in [5.74, 6) is 0.374. The molecule has 4 aromatic rings. The Kier molecular flexibility index (Phi) is 11.9. The Morgan fingerprint density at radius 3 is 2.49 bits per heavy atom. The van der Waals surface area contributed by atoms with E-state index in [9.17, 15) is 14.7 Å². The summed E-state index contributed by atoms with van der Waals surface area (Å²) >= 11 is 3.28. The zero-order valence-corrected chi connectivity index (χ0v) is 26.7. The van der Waals surface area contributed by atoms with Crippen molar-refractivity contribution in [2.24, 2.45) is 0 Å². The number of hydrogen-bond donors (Lipinski definition) is 3. The molecule has 0 bridgehead atoms. The topological polar surface area (TPSA) is 107 Å². The Morgan fingerprint density at radius 1 is 1.02 bits per heavy atom. The summed E-state index contributed by atoms with van der Waals surface area (Å²) in [5, 5.41) is 20.3. The largest absolute Gasteiger partial charge is 0.390 e. The number of hydrogen-bond acceptors (Lipinski definition) is 8. The van der Waals surface area contributed by atoms with Crippen LogP contribution in [0.1, 0.15) is 53.9 Å². The van der Waals surface area contributed by atoms with Crippen LogP contribution in [0.15, 0.2) is 72.1 Å². The van der Waals surface area contributed by atoms with Gasteiger partial charge in [-0.05, 0) is 61.9 Å². The average Bonchev–Trinajstić information content (AvgIpc) is 3.42. The second kappa shape index (κ2) is 15.8. The third-order valence-electron chi connectivity index (χ3n) is 7.05. The van der Waals surface area contributed by atoms with Crippen molar-refractivity contribution in [3.8, 4) is 0 Å². The molecule has 0 aliphatic heterocycles. The molecule has 2 amide bonds. The van der Waals surface area contributed by atoms with Crippen LogP contribution < -0.4 is 10.6 Å². The van der Waals surface area contributed by atoms with E-state index in [-0.39, 0.29) is 18.4 Å². The Labute approximate surface area is 262 Å². The van der Waals surface area contributed by atoms with Gasteiger partial charge in [0.1, 0.15) is 5.01 Å². The fraction of sp³-hybridized carbons (Fsp3) is 0.333. The molecule has 0 saturated heterocycles. The Balaban J connectivity index is 1.41. The number of pyridine rings is 1. The molecule has 0 spiro atoms. The number of aryl methyl sites for hydroxylation is 2. The Bertz CT molecular complexity index is 1510. The number of thioether (sulfide) groups is 1. The summed E-state index contributed by atoms with van der Waals surface area (Å²) in [4.78, 5) is 37.3. The van der Waals surface area contributed by atoms with Gasteiger partial charge in [-0.15, -0.1) is 11.3 Å². The Hall–Kier alpha value is -3.57. The first-order valence-corrected chi connectivity index (χ1v) is 16.4. The minimum absolute atomic E-state index is 0.196. The van der Waals surface area contributed by atoms with Crippen LogP contribution in [0.4, 0.5) is 0 Å². The predicted octanol–water partition coefficient (Wildman–Crippen LogP) is 4.78. The molecule has 2 aromatic carbocycles. The number of nitrogens with one attached hydrogen (secondary N) is 2. The minimum atomic E-state index is -0.862. The molecule has 0 aliphatic carbocycles. The number of carbonyl (C=O) groups excluding carboxylic acids is 2. The zero-order chi connectivity index (χ0) is 30.8. The van der Waals surface area contributed by atoms with E-state index in [1.54, 1.807) is 48.0 Å². The number of carbonyl (C=O) groups is 2. The van der Waals surface area contributed by atoms with Gasteiger partial charge in [-0.25, -0.2) is 4.98 Å². The van der Waals surface area contributed by atoms with Gasteiger partial charge in [0.15, 0.2) is 0 Å². The van der Waals surface area contributed by atoms with Gasteiger partial charge in [0, 0.05) is 53.8 Å². The molecular weight excluding hydrogens is 579 g/mol. The molecule has 226 valence electrons. The highest BCUT2D eigenvalue weighted by atomic mass is 32.2. The summed E-state index contributed by atoms with van der Waals surface area (Å²) in [7, 11) is 1.72. The van der Waals surface area contributed by atoms with Crippen molar-refractivity contribution >= 4 is 34.9 Å². The maximum absolute atomic E-state index is 13.4. The third kappa shape index (κ3) is 9.46. The van der Waals surface area contributed by atoms with E-state index < -0.39 is 12.1 Å². The van der Waals surface area contributed by atoms with Crippen LogP contribution in [0.2, 0.25) is 0 Å². The van der Waals surface area contributed by atoms with E-state index >= 15 is 0 Å². The highest BCUT2D eigenvalue weighted by Gasteiger charge is 2.23. The summed E-state index contributed by atoms with van der Waals surface area (Å²) in [6.07, 6.45) is 1.66. The van der Waals surface area contributed by atoms with Crippen molar-refractivity contribution in [1.29, 1.82) is 0 Å². The molecule has 43 heavy (non-hydrogen) atoms. The standard InChI is InChI=1S/C33H39N5O3S2/c1-22-20-43-31(35-22)19-38(3)33(41)26-12-8-11-25(16-26)32(40)37-29(15-24-9-6-5-7-10-24)30(39)18-34-17-28-14-13-27(21-42-4)23(2)36-28/h5-14,16,20,29-30,34,39H,15,17-19,21H2,1-4H3,(H,37,40)/t29-,30+/m0/s1. The van der Waals surface area contributed by atoms with E-state index in [4.69, 9.17) is 0 Å². The van der Waals surface area contributed by atoms with E-state index in [2.05, 4.69) is 32.9 Å². The molecule has 0 unspecified atom stereocenters. The lowest BCUT2D eigenvalue weighted by atomic mass is 10.00. The number of amides is 2. The number of benzene rings is 2. The molecular formula is C33H39N5O3S2. The van der Waals surface area contributed by atoms with Gasteiger partial charge < -0.3 is 20.6 Å². The molecule has 8 nitrogen and oxygen atoms in total. The van der Waals surface area contributed by atoms with Gasteiger partial charge >= 0.3 is 0 Å². The van der Waals surface area contributed by atoms with E-state index in [0.29, 0.717) is 30.6 Å². The fourth-order valence-corrected chi connectivity index (χ4v) is 6.15. The quantitative estimate of drug-likeness (QED) is 0.187. The van der Waals surface area contributed by atoms with Crippen molar-refractivity contribution in [3.05, 3.63) is 116 Å².